The maximum absolute atomic E-state index is 13.2. The van der Waals surface area contributed by atoms with Gasteiger partial charge in [0.25, 0.3) is 11.5 Å². The number of carbonyl (C=O) groups is 1. The number of aryl methyl sites for hydroxylation is 1. The van der Waals surface area contributed by atoms with Crippen molar-refractivity contribution in [3.8, 4) is 0 Å². The van der Waals surface area contributed by atoms with Gasteiger partial charge in [0.1, 0.15) is 0 Å². The molecule has 0 saturated heterocycles. The van der Waals surface area contributed by atoms with Crippen molar-refractivity contribution in [1.82, 2.24) is 9.47 Å². The minimum atomic E-state index is -0.253. The standard InChI is InChI=1S/C25H29N3O2/c1-27(19-11-4-3-5-12-19)17-18-10-6-8-14-22(18)26-25(30)21-16-24(29)28(2)23-15-9-7-13-20(21)23/h6-10,13-16,19H,3-5,11-12,17H2,1-2H3,(H,26,30). The third-order valence-electron chi connectivity index (χ3n) is 6.28. The van der Waals surface area contributed by atoms with E-state index in [2.05, 4.69) is 23.3 Å². The van der Waals surface area contributed by atoms with Gasteiger partial charge in [-0.15, -0.1) is 0 Å². The second-order valence-corrected chi connectivity index (χ2v) is 8.29. The summed E-state index contributed by atoms with van der Waals surface area (Å²) >= 11 is 0. The molecule has 1 aliphatic carbocycles. The summed E-state index contributed by atoms with van der Waals surface area (Å²) in [4.78, 5) is 27.9. The van der Waals surface area contributed by atoms with Crippen LogP contribution in [0.3, 0.4) is 0 Å². The highest BCUT2D eigenvalue weighted by atomic mass is 16.2. The molecule has 0 radical (unpaired) electrons. The molecule has 1 N–H and O–H groups in total. The zero-order valence-corrected chi connectivity index (χ0v) is 17.7. The fourth-order valence-electron chi connectivity index (χ4n) is 4.49. The van der Waals surface area contributed by atoms with Crippen LogP contribution in [-0.2, 0) is 13.6 Å². The molecule has 1 heterocycles. The Balaban J connectivity index is 1.60. The molecule has 1 amide bonds. The summed E-state index contributed by atoms with van der Waals surface area (Å²) in [6.07, 6.45) is 6.41. The normalized spacial score (nSPS) is 14.9. The van der Waals surface area contributed by atoms with E-state index in [0.29, 0.717) is 11.6 Å². The van der Waals surface area contributed by atoms with Crippen molar-refractivity contribution < 1.29 is 4.79 Å². The molecule has 5 heteroatoms. The highest BCUT2D eigenvalue weighted by molar-refractivity contribution is 6.12. The fraction of sp³-hybridized carbons (Fsp3) is 0.360. The number of aromatic nitrogens is 1. The third kappa shape index (κ3) is 4.17. The van der Waals surface area contributed by atoms with Crippen molar-refractivity contribution in [3.05, 3.63) is 76.1 Å². The van der Waals surface area contributed by atoms with E-state index >= 15 is 0 Å². The number of hydrogen-bond donors (Lipinski definition) is 1. The van der Waals surface area contributed by atoms with Gasteiger partial charge >= 0.3 is 0 Å². The molecule has 3 aromatic rings. The first-order valence-electron chi connectivity index (χ1n) is 10.7. The number of nitrogens with one attached hydrogen (secondary N) is 1. The minimum Gasteiger partial charge on any atom is -0.322 e. The Morgan fingerprint density at radius 2 is 1.77 bits per heavy atom. The molecule has 156 valence electrons. The average molecular weight is 404 g/mol. The molecule has 0 bridgehead atoms. The molecular formula is C25H29N3O2. The van der Waals surface area contributed by atoms with Crippen LogP contribution in [-0.4, -0.2) is 28.5 Å². The number of para-hydroxylation sites is 2. The van der Waals surface area contributed by atoms with Gasteiger partial charge < -0.3 is 9.88 Å². The fourth-order valence-corrected chi connectivity index (χ4v) is 4.49. The van der Waals surface area contributed by atoms with Gasteiger partial charge in [0, 0.05) is 36.8 Å². The summed E-state index contributed by atoms with van der Waals surface area (Å²) in [6, 6.07) is 17.5. The molecule has 4 rings (SSSR count). The number of benzene rings is 2. The summed E-state index contributed by atoms with van der Waals surface area (Å²) in [7, 11) is 3.89. The van der Waals surface area contributed by atoms with Crippen LogP contribution in [0, 0.1) is 0 Å². The van der Waals surface area contributed by atoms with Crippen LogP contribution in [0.2, 0.25) is 0 Å². The molecule has 1 aliphatic rings. The predicted octanol–water partition coefficient (Wildman–Crippen LogP) is 4.56. The largest absolute Gasteiger partial charge is 0.322 e. The van der Waals surface area contributed by atoms with E-state index in [9.17, 15) is 9.59 Å². The molecule has 0 spiro atoms. The SMILES string of the molecule is CN(Cc1ccccc1NC(=O)c1cc(=O)n(C)c2ccccc12)C1CCCCC1. The Morgan fingerprint density at radius 1 is 1.07 bits per heavy atom. The molecule has 2 aromatic carbocycles. The van der Waals surface area contributed by atoms with Crippen molar-refractivity contribution in [2.45, 2.75) is 44.7 Å². The first kappa shape index (κ1) is 20.4. The van der Waals surface area contributed by atoms with E-state index in [1.807, 2.05) is 42.5 Å². The number of carbonyl (C=O) groups excluding carboxylic acids is 1. The monoisotopic (exact) mass is 403 g/mol. The van der Waals surface area contributed by atoms with Crippen LogP contribution in [0.4, 0.5) is 5.69 Å². The lowest BCUT2D eigenvalue weighted by molar-refractivity contribution is 0.102. The number of hydrogen-bond acceptors (Lipinski definition) is 3. The van der Waals surface area contributed by atoms with E-state index in [1.54, 1.807) is 11.6 Å². The van der Waals surface area contributed by atoms with Crippen LogP contribution >= 0.6 is 0 Å². The number of nitrogens with zero attached hydrogens (tertiary/aromatic N) is 2. The lowest BCUT2D eigenvalue weighted by Gasteiger charge is -2.31. The van der Waals surface area contributed by atoms with Gasteiger partial charge in [-0.25, -0.2) is 0 Å². The summed E-state index contributed by atoms with van der Waals surface area (Å²) in [5.74, 6) is -0.253. The molecule has 1 fully saturated rings. The van der Waals surface area contributed by atoms with E-state index in [0.717, 1.165) is 28.7 Å². The Hall–Kier alpha value is -2.92. The van der Waals surface area contributed by atoms with Gasteiger partial charge in [-0.2, -0.15) is 0 Å². The maximum Gasteiger partial charge on any atom is 0.256 e. The Labute approximate surface area is 177 Å². The first-order valence-corrected chi connectivity index (χ1v) is 10.7. The molecule has 0 atom stereocenters. The molecule has 1 aromatic heterocycles. The van der Waals surface area contributed by atoms with Crippen LogP contribution in [0.5, 0.6) is 0 Å². The predicted molar refractivity (Wildman–Crippen MR) is 122 cm³/mol. The second kappa shape index (κ2) is 8.84. The van der Waals surface area contributed by atoms with Crippen molar-refractivity contribution in [3.63, 3.8) is 0 Å². The summed E-state index contributed by atoms with van der Waals surface area (Å²) in [5.41, 5.74) is 2.86. The second-order valence-electron chi connectivity index (χ2n) is 8.29. The van der Waals surface area contributed by atoms with Crippen molar-refractivity contribution in [2.24, 2.45) is 7.05 Å². The number of fused-ring (bicyclic) bond motifs is 1. The number of pyridine rings is 1. The van der Waals surface area contributed by atoms with Crippen LogP contribution in [0.1, 0.15) is 48.0 Å². The van der Waals surface area contributed by atoms with Crippen LogP contribution in [0.15, 0.2) is 59.4 Å². The molecule has 5 nitrogen and oxygen atoms in total. The Bertz CT molecular complexity index is 1110. The summed E-state index contributed by atoms with van der Waals surface area (Å²) in [5, 5.41) is 3.83. The highest BCUT2D eigenvalue weighted by Crippen LogP contribution is 2.25. The van der Waals surface area contributed by atoms with Crippen LogP contribution in [0.25, 0.3) is 10.9 Å². The minimum absolute atomic E-state index is 0.191. The quantitative estimate of drug-likeness (QED) is 0.680. The molecular weight excluding hydrogens is 374 g/mol. The van der Waals surface area contributed by atoms with E-state index < -0.39 is 0 Å². The molecule has 0 unspecified atom stereocenters. The molecule has 0 aliphatic heterocycles. The van der Waals surface area contributed by atoms with Gasteiger partial charge in [-0.1, -0.05) is 55.7 Å². The van der Waals surface area contributed by atoms with Gasteiger partial charge in [0.15, 0.2) is 0 Å². The smallest absolute Gasteiger partial charge is 0.256 e. The van der Waals surface area contributed by atoms with Crippen molar-refractivity contribution in [1.29, 1.82) is 0 Å². The van der Waals surface area contributed by atoms with Crippen molar-refractivity contribution in [2.75, 3.05) is 12.4 Å². The summed E-state index contributed by atoms with van der Waals surface area (Å²) in [6.45, 7) is 0.790. The lowest BCUT2D eigenvalue weighted by Crippen LogP contribution is -2.33. The zero-order chi connectivity index (χ0) is 21.1. The van der Waals surface area contributed by atoms with Gasteiger partial charge in [0.2, 0.25) is 0 Å². The van der Waals surface area contributed by atoms with Crippen molar-refractivity contribution >= 4 is 22.5 Å². The number of rotatable bonds is 5. The highest BCUT2D eigenvalue weighted by Gasteiger charge is 2.20. The van der Waals surface area contributed by atoms with E-state index in [-0.39, 0.29) is 11.5 Å². The van der Waals surface area contributed by atoms with E-state index in [1.165, 1.54) is 38.2 Å². The zero-order valence-electron chi connectivity index (χ0n) is 17.7. The third-order valence-corrected chi connectivity index (χ3v) is 6.28. The van der Waals surface area contributed by atoms with Gasteiger partial charge in [0.05, 0.1) is 11.1 Å². The van der Waals surface area contributed by atoms with Crippen LogP contribution < -0.4 is 10.9 Å². The number of amides is 1. The van der Waals surface area contributed by atoms with E-state index in [4.69, 9.17) is 0 Å². The molecule has 30 heavy (non-hydrogen) atoms. The van der Waals surface area contributed by atoms with Gasteiger partial charge in [-0.05, 0) is 37.6 Å². The maximum atomic E-state index is 13.2. The lowest BCUT2D eigenvalue weighted by atomic mass is 9.94. The van der Waals surface area contributed by atoms with Gasteiger partial charge in [-0.3, -0.25) is 14.5 Å². The first-order chi connectivity index (χ1) is 14.5. The average Bonchev–Trinajstić information content (AvgIpc) is 2.78. The summed E-state index contributed by atoms with van der Waals surface area (Å²) < 4.78 is 1.57. The Morgan fingerprint density at radius 3 is 2.57 bits per heavy atom. The molecule has 1 saturated carbocycles. The number of anilines is 1. The topological polar surface area (TPSA) is 54.3 Å². The Kier molecular flexibility index (Phi) is 6.00.